The Kier molecular flexibility index (Phi) is 6.44. The molecule has 0 aliphatic carbocycles. The minimum Gasteiger partial charge on any atom is -0.384 e. The molecule has 4 heterocycles. The first-order valence-electron chi connectivity index (χ1n) is 9.99. The van der Waals surface area contributed by atoms with E-state index in [0.717, 1.165) is 49.6 Å². The minimum absolute atomic E-state index is 0.267. The second kappa shape index (κ2) is 9.04. The smallest absolute Gasteiger partial charge is 0.162 e. The van der Waals surface area contributed by atoms with Crippen LogP contribution < -0.4 is 10.6 Å². The Bertz CT molecular complexity index is 841. The van der Waals surface area contributed by atoms with E-state index < -0.39 is 0 Å². The standard InChI is InChI=1S/C20H27ClN6OS/c1-13-12-28-8-7-27(13)19-11-16(14-3-5-26(29-2)6-4-14)23-20(25-19)15-9-17(21)24-18(22)10-15/h9-11,13-14H,3-8,12H2,1-2H3,(H2,22,24). The number of aromatic nitrogens is 3. The summed E-state index contributed by atoms with van der Waals surface area (Å²) in [5.74, 6) is 2.39. The normalized spacial score (nSPS) is 21.5. The average molecular weight is 435 g/mol. The Morgan fingerprint density at radius 2 is 1.93 bits per heavy atom. The highest BCUT2D eigenvalue weighted by Gasteiger charge is 2.26. The summed E-state index contributed by atoms with van der Waals surface area (Å²) in [6.07, 6.45) is 4.32. The zero-order chi connectivity index (χ0) is 20.4. The van der Waals surface area contributed by atoms with Gasteiger partial charge in [0.15, 0.2) is 5.82 Å². The van der Waals surface area contributed by atoms with Crippen molar-refractivity contribution in [1.82, 2.24) is 19.3 Å². The third-order valence-electron chi connectivity index (χ3n) is 5.60. The molecule has 2 N–H and O–H groups in total. The monoisotopic (exact) mass is 434 g/mol. The Balaban J connectivity index is 1.73. The Morgan fingerprint density at radius 3 is 2.62 bits per heavy atom. The van der Waals surface area contributed by atoms with Crippen molar-refractivity contribution >= 4 is 35.2 Å². The van der Waals surface area contributed by atoms with Gasteiger partial charge in [0.25, 0.3) is 0 Å². The summed E-state index contributed by atoms with van der Waals surface area (Å²) in [6.45, 7) is 6.54. The van der Waals surface area contributed by atoms with Crippen LogP contribution in [0.5, 0.6) is 0 Å². The highest BCUT2D eigenvalue weighted by atomic mass is 35.5. The van der Waals surface area contributed by atoms with Crippen molar-refractivity contribution < 1.29 is 4.74 Å². The number of nitrogen functional groups attached to an aromatic ring is 1. The third kappa shape index (κ3) is 4.77. The summed E-state index contributed by atoms with van der Waals surface area (Å²) < 4.78 is 8.02. The number of halogens is 1. The van der Waals surface area contributed by atoms with Crippen LogP contribution in [0, 0.1) is 0 Å². The van der Waals surface area contributed by atoms with Crippen LogP contribution in [-0.2, 0) is 4.74 Å². The van der Waals surface area contributed by atoms with E-state index in [9.17, 15) is 0 Å². The van der Waals surface area contributed by atoms with Gasteiger partial charge in [0.05, 0.1) is 19.3 Å². The Hall–Kier alpha value is -1.61. The first-order chi connectivity index (χ1) is 14.0. The maximum atomic E-state index is 6.15. The fourth-order valence-corrected chi connectivity index (χ4v) is 4.78. The van der Waals surface area contributed by atoms with Crippen molar-refractivity contribution in [3.05, 3.63) is 29.0 Å². The molecule has 0 amide bonds. The SMILES string of the molecule is CSN1CCC(c2cc(N3CCOCC3C)nc(-c3cc(N)nc(Cl)c3)n2)CC1. The van der Waals surface area contributed by atoms with Crippen molar-refractivity contribution in [2.45, 2.75) is 31.7 Å². The number of morpholine rings is 1. The van der Waals surface area contributed by atoms with Gasteiger partial charge in [0.1, 0.15) is 16.8 Å². The van der Waals surface area contributed by atoms with Crippen molar-refractivity contribution in [2.75, 3.05) is 49.7 Å². The predicted octanol–water partition coefficient (Wildman–Crippen LogP) is 3.46. The summed E-state index contributed by atoms with van der Waals surface area (Å²) in [7, 11) is 0. The molecule has 0 aromatic carbocycles. The summed E-state index contributed by atoms with van der Waals surface area (Å²) >= 11 is 7.97. The van der Waals surface area contributed by atoms with E-state index in [0.29, 0.717) is 35.9 Å². The van der Waals surface area contributed by atoms with Gasteiger partial charge < -0.3 is 15.4 Å². The van der Waals surface area contributed by atoms with Crippen LogP contribution in [-0.4, -0.2) is 64.4 Å². The van der Waals surface area contributed by atoms with Crippen LogP contribution in [0.4, 0.5) is 11.6 Å². The number of hydrogen-bond donors (Lipinski definition) is 1. The van der Waals surface area contributed by atoms with Gasteiger partial charge >= 0.3 is 0 Å². The topological polar surface area (TPSA) is 80.4 Å². The molecule has 2 fully saturated rings. The quantitative estimate of drug-likeness (QED) is 0.578. The van der Waals surface area contributed by atoms with Gasteiger partial charge in [0.2, 0.25) is 0 Å². The number of nitrogens with two attached hydrogens (primary N) is 1. The summed E-state index contributed by atoms with van der Waals surface area (Å²) in [5, 5.41) is 0.351. The van der Waals surface area contributed by atoms with Crippen molar-refractivity contribution in [3.8, 4) is 11.4 Å². The van der Waals surface area contributed by atoms with Crippen LogP contribution in [0.1, 0.15) is 31.4 Å². The second-order valence-electron chi connectivity index (χ2n) is 7.58. The van der Waals surface area contributed by atoms with Gasteiger partial charge in [-0.05, 0) is 38.2 Å². The van der Waals surface area contributed by atoms with E-state index in [-0.39, 0.29) is 6.04 Å². The fraction of sp³-hybridized carbons (Fsp3) is 0.550. The van der Waals surface area contributed by atoms with Gasteiger partial charge in [-0.2, -0.15) is 0 Å². The number of pyridine rings is 1. The lowest BCUT2D eigenvalue weighted by Gasteiger charge is -2.35. The van der Waals surface area contributed by atoms with Gasteiger partial charge in [-0.1, -0.05) is 23.5 Å². The lowest BCUT2D eigenvalue weighted by atomic mass is 9.94. The summed E-state index contributed by atoms with van der Waals surface area (Å²) in [6, 6.07) is 5.99. The van der Waals surface area contributed by atoms with E-state index >= 15 is 0 Å². The van der Waals surface area contributed by atoms with E-state index in [2.05, 4.69) is 33.4 Å². The molecule has 0 radical (unpaired) electrons. The van der Waals surface area contributed by atoms with Crippen LogP contribution in [0.2, 0.25) is 5.15 Å². The molecule has 0 saturated carbocycles. The fourth-order valence-electron chi connectivity index (χ4n) is 3.99. The molecule has 29 heavy (non-hydrogen) atoms. The molecule has 2 aliphatic heterocycles. The lowest BCUT2D eigenvalue weighted by Crippen LogP contribution is -2.44. The Morgan fingerprint density at radius 1 is 1.14 bits per heavy atom. The number of rotatable bonds is 4. The molecule has 2 saturated heterocycles. The number of ether oxygens (including phenoxy) is 1. The van der Waals surface area contributed by atoms with Crippen LogP contribution >= 0.6 is 23.5 Å². The third-order valence-corrected chi connectivity index (χ3v) is 6.67. The average Bonchev–Trinajstić information content (AvgIpc) is 2.73. The molecule has 7 nitrogen and oxygen atoms in total. The zero-order valence-corrected chi connectivity index (χ0v) is 18.4. The molecule has 1 unspecified atom stereocenters. The number of hydrogen-bond acceptors (Lipinski definition) is 8. The highest BCUT2D eigenvalue weighted by molar-refractivity contribution is 7.96. The van der Waals surface area contributed by atoms with E-state index in [1.54, 1.807) is 12.1 Å². The molecule has 1 atom stereocenters. The van der Waals surface area contributed by atoms with Gasteiger partial charge in [-0.25, -0.2) is 15.0 Å². The molecule has 0 bridgehead atoms. The van der Waals surface area contributed by atoms with E-state index in [1.165, 1.54) is 0 Å². The predicted molar refractivity (Wildman–Crippen MR) is 119 cm³/mol. The molecular formula is C20H27ClN6OS. The second-order valence-corrected chi connectivity index (χ2v) is 8.85. The van der Waals surface area contributed by atoms with Crippen LogP contribution in [0.15, 0.2) is 18.2 Å². The maximum Gasteiger partial charge on any atom is 0.162 e. The molecule has 4 rings (SSSR count). The van der Waals surface area contributed by atoms with Gasteiger partial charge in [0, 0.05) is 42.9 Å². The minimum atomic E-state index is 0.267. The molecule has 0 spiro atoms. The zero-order valence-electron chi connectivity index (χ0n) is 16.8. The maximum absolute atomic E-state index is 6.15. The number of piperidine rings is 1. The van der Waals surface area contributed by atoms with E-state index in [4.69, 9.17) is 32.0 Å². The number of anilines is 2. The first-order valence-corrected chi connectivity index (χ1v) is 11.6. The van der Waals surface area contributed by atoms with Crippen molar-refractivity contribution in [1.29, 1.82) is 0 Å². The van der Waals surface area contributed by atoms with Crippen molar-refractivity contribution in [2.24, 2.45) is 0 Å². The number of nitrogens with zero attached hydrogens (tertiary/aromatic N) is 5. The molecule has 156 valence electrons. The van der Waals surface area contributed by atoms with Crippen LogP contribution in [0.25, 0.3) is 11.4 Å². The summed E-state index contributed by atoms with van der Waals surface area (Å²) in [5.41, 5.74) is 7.82. The molecule has 9 heteroatoms. The Labute approximate surface area is 181 Å². The van der Waals surface area contributed by atoms with E-state index in [1.807, 2.05) is 11.9 Å². The van der Waals surface area contributed by atoms with Gasteiger partial charge in [-0.3, -0.25) is 4.31 Å². The molecule has 2 aromatic heterocycles. The largest absolute Gasteiger partial charge is 0.384 e. The highest BCUT2D eigenvalue weighted by Crippen LogP contribution is 2.33. The first kappa shape index (κ1) is 20.7. The van der Waals surface area contributed by atoms with Gasteiger partial charge in [-0.15, -0.1) is 0 Å². The molecular weight excluding hydrogens is 408 g/mol. The summed E-state index contributed by atoms with van der Waals surface area (Å²) in [4.78, 5) is 16.2. The molecule has 2 aliphatic rings. The lowest BCUT2D eigenvalue weighted by molar-refractivity contribution is 0.0985. The van der Waals surface area contributed by atoms with Crippen molar-refractivity contribution in [3.63, 3.8) is 0 Å². The van der Waals surface area contributed by atoms with Crippen LogP contribution in [0.3, 0.4) is 0 Å². The molecule has 2 aromatic rings.